The first-order valence-corrected chi connectivity index (χ1v) is 7.82. The van der Waals surface area contributed by atoms with Gasteiger partial charge in [0, 0.05) is 11.5 Å². The van der Waals surface area contributed by atoms with E-state index in [1.165, 1.54) is 23.5 Å². The second-order valence-corrected chi connectivity index (χ2v) is 7.39. The summed E-state index contributed by atoms with van der Waals surface area (Å²) in [6.45, 7) is 5.47. The molecule has 1 aromatic carbocycles. The summed E-state index contributed by atoms with van der Waals surface area (Å²) >= 11 is 7.04. The number of phenolic OH excluding ortho intramolecular Hbond substituents is 1. The van der Waals surface area contributed by atoms with Crippen LogP contribution in [-0.4, -0.2) is 15.9 Å². The molecule has 0 saturated carbocycles. The van der Waals surface area contributed by atoms with E-state index in [2.05, 4.69) is 4.98 Å². The molecule has 0 fully saturated rings. The molecule has 0 bridgehead atoms. The van der Waals surface area contributed by atoms with E-state index in [4.69, 9.17) is 11.6 Å². The van der Waals surface area contributed by atoms with Crippen LogP contribution in [0.2, 0.25) is 5.02 Å². The minimum atomic E-state index is -0.491. The lowest BCUT2D eigenvalue weighted by molar-refractivity contribution is -0.119. The zero-order valence-electron chi connectivity index (χ0n) is 12.4. The molecule has 1 aromatic heterocycles. The average Bonchev–Trinajstić information content (AvgIpc) is 2.73. The number of phenols is 1. The first-order valence-electron chi connectivity index (χ1n) is 6.62. The van der Waals surface area contributed by atoms with Crippen molar-refractivity contribution in [2.45, 2.75) is 20.8 Å². The highest BCUT2D eigenvalue weighted by molar-refractivity contribution is 7.07. The number of hydrogen-bond acceptors (Lipinski definition) is 4. The van der Waals surface area contributed by atoms with Crippen molar-refractivity contribution >= 4 is 40.9 Å². The number of thiazole rings is 1. The molecule has 0 amide bonds. The Balaban J connectivity index is 2.48. The lowest BCUT2D eigenvalue weighted by Gasteiger charge is -2.12. The number of rotatable bonds is 2. The van der Waals surface area contributed by atoms with Crippen molar-refractivity contribution in [3.8, 4) is 5.75 Å². The van der Waals surface area contributed by atoms with E-state index in [9.17, 15) is 14.7 Å². The van der Waals surface area contributed by atoms with Gasteiger partial charge in [0.05, 0.1) is 14.2 Å². The lowest BCUT2D eigenvalue weighted by atomic mass is 9.91. The smallest absolute Gasteiger partial charge is 0.266 e. The fraction of sp³-hybridized carbons (Fsp3) is 0.250. The summed E-state index contributed by atoms with van der Waals surface area (Å²) in [4.78, 5) is 26.6. The molecule has 0 radical (unpaired) electrons. The monoisotopic (exact) mass is 337 g/mol. The Kier molecular flexibility index (Phi) is 4.58. The van der Waals surface area contributed by atoms with Gasteiger partial charge in [-0.25, -0.2) is 0 Å². The third-order valence-corrected chi connectivity index (χ3v) is 4.22. The van der Waals surface area contributed by atoms with Gasteiger partial charge in [-0.3, -0.25) is 9.59 Å². The third-order valence-electron chi connectivity index (χ3n) is 2.95. The number of H-pyrrole nitrogens is 1. The molecular weight excluding hydrogens is 322 g/mol. The highest BCUT2D eigenvalue weighted by Gasteiger charge is 2.18. The Bertz CT molecular complexity index is 887. The molecule has 0 aliphatic heterocycles. The first kappa shape index (κ1) is 16.5. The molecule has 2 N–H and O–H groups in total. The van der Waals surface area contributed by atoms with Gasteiger partial charge >= 0.3 is 0 Å². The van der Waals surface area contributed by atoms with Crippen LogP contribution in [0.15, 0.2) is 23.0 Å². The zero-order valence-corrected chi connectivity index (χ0v) is 14.0. The van der Waals surface area contributed by atoms with E-state index < -0.39 is 5.41 Å². The number of benzene rings is 1. The highest BCUT2D eigenvalue weighted by atomic mass is 35.5. The fourth-order valence-electron chi connectivity index (χ4n) is 1.62. The molecule has 0 aliphatic carbocycles. The highest BCUT2D eigenvalue weighted by Crippen LogP contribution is 2.23. The van der Waals surface area contributed by atoms with E-state index >= 15 is 0 Å². The van der Waals surface area contributed by atoms with Crippen LogP contribution >= 0.6 is 22.9 Å². The molecule has 1 heterocycles. The van der Waals surface area contributed by atoms with E-state index in [0.29, 0.717) is 14.8 Å². The summed E-state index contributed by atoms with van der Waals surface area (Å²) in [5, 5.41) is 9.61. The molecule has 22 heavy (non-hydrogen) atoms. The molecule has 0 atom stereocenters. The van der Waals surface area contributed by atoms with Gasteiger partial charge in [0.1, 0.15) is 5.75 Å². The van der Waals surface area contributed by atoms with Gasteiger partial charge in [-0.2, -0.15) is 0 Å². The summed E-state index contributed by atoms with van der Waals surface area (Å²) in [5.41, 5.74) is -0.0547. The molecule has 6 heteroatoms. The molecule has 0 unspecified atom stereocenters. The van der Waals surface area contributed by atoms with E-state index in [-0.39, 0.29) is 22.1 Å². The topological polar surface area (TPSA) is 70.2 Å². The van der Waals surface area contributed by atoms with Crippen LogP contribution in [0.3, 0.4) is 0 Å². The van der Waals surface area contributed by atoms with Crippen LogP contribution in [0.25, 0.3) is 12.2 Å². The molecule has 0 aliphatic rings. The van der Waals surface area contributed by atoms with E-state index in [1.807, 2.05) is 20.8 Å². The van der Waals surface area contributed by atoms with Gasteiger partial charge in [-0.1, -0.05) is 38.4 Å². The standard InChI is InChI=1S/C16H16ClNO3S/c1-16(2,3)13(20)8-14-18-15(21)12(22-14)7-9-4-5-11(19)10(17)6-9/h4-8,19H,1-3H3,(H,18,21). The number of aromatic amines is 1. The number of carbonyl (C=O) groups excluding carboxylic acids is 1. The van der Waals surface area contributed by atoms with Crippen LogP contribution in [-0.2, 0) is 4.79 Å². The lowest BCUT2D eigenvalue weighted by Crippen LogP contribution is -2.22. The molecule has 2 rings (SSSR count). The van der Waals surface area contributed by atoms with Crippen LogP contribution in [0.5, 0.6) is 5.75 Å². The molecule has 0 spiro atoms. The Morgan fingerprint density at radius 2 is 2.05 bits per heavy atom. The van der Waals surface area contributed by atoms with Crippen molar-refractivity contribution in [1.82, 2.24) is 4.98 Å². The second kappa shape index (κ2) is 6.10. The predicted octanol–water partition coefficient (Wildman–Crippen LogP) is 2.02. The van der Waals surface area contributed by atoms with Crippen LogP contribution in [0.4, 0.5) is 0 Å². The quantitative estimate of drug-likeness (QED) is 0.880. The summed E-state index contributed by atoms with van der Waals surface area (Å²) < 4.78 is 0.982. The zero-order chi connectivity index (χ0) is 16.5. The van der Waals surface area contributed by atoms with Gasteiger partial charge in [-0.15, -0.1) is 11.3 Å². The number of carbonyl (C=O) groups is 1. The van der Waals surface area contributed by atoms with Crippen molar-refractivity contribution in [2.75, 3.05) is 0 Å². The maximum Gasteiger partial charge on any atom is 0.266 e. The molecular formula is C16H16ClNO3S. The Labute approximate surface area is 136 Å². The summed E-state index contributed by atoms with van der Waals surface area (Å²) in [6.07, 6.45) is 3.11. The molecule has 116 valence electrons. The Hall–Kier alpha value is -1.85. The molecule has 4 nitrogen and oxygen atoms in total. The van der Waals surface area contributed by atoms with Crippen molar-refractivity contribution in [2.24, 2.45) is 5.41 Å². The second-order valence-electron chi connectivity index (χ2n) is 5.90. The number of aromatic nitrogens is 1. The number of Topliss-reactive ketones (excluding diaryl/α,β-unsaturated/α-hetero) is 1. The maximum absolute atomic E-state index is 12.0. The van der Waals surface area contributed by atoms with Crippen molar-refractivity contribution < 1.29 is 9.90 Å². The Morgan fingerprint density at radius 3 is 2.64 bits per heavy atom. The van der Waals surface area contributed by atoms with Gasteiger partial charge < -0.3 is 10.1 Å². The number of halogens is 1. The van der Waals surface area contributed by atoms with Crippen molar-refractivity contribution in [1.29, 1.82) is 0 Å². The van der Waals surface area contributed by atoms with Gasteiger partial charge in [-0.05, 0) is 23.8 Å². The SMILES string of the molecule is CC(C)(C)C(=O)C=c1[nH]c(=O)c(=Cc2ccc(O)c(Cl)c2)s1. The van der Waals surface area contributed by atoms with Crippen LogP contribution in [0.1, 0.15) is 26.3 Å². The van der Waals surface area contributed by atoms with Crippen molar-refractivity contribution in [3.05, 3.63) is 48.3 Å². The normalized spacial score (nSPS) is 13.6. The number of ketones is 1. The molecule has 0 saturated heterocycles. The van der Waals surface area contributed by atoms with Gasteiger partial charge in [0.15, 0.2) is 5.78 Å². The van der Waals surface area contributed by atoms with Gasteiger partial charge in [0.2, 0.25) is 0 Å². The molecule has 2 aromatic rings. The van der Waals surface area contributed by atoms with Crippen LogP contribution < -0.4 is 14.8 Å². The summed E-state index contributed by atoms with van der Waals surface area (Å²) in [7, 11) is 0. The number of aromatic hydroxyl groups is 1. The minimum absolute atomic E-state index is 0.0105. The number of hydrogen-bond donors (Lipinski definition) is 2. The van der Waals surface area contributed by atoms with Crippen LogP contribution in [0, 0.1) is 5.41 Å². The average molecular weight is 338 g/mol. The van der Waals surface area contributed by atoms with E-state index in [1.54, 1.807) is 18.2 Å². The van der Waals surface area contributed by atoms with Gasteiger partial charge in [0.25, 0.3) is 5.56 Å². The third kappa shape index (κ3) is 3.87. The number of nitrogens with one attached hydrogen (secondary N) is 1. The van der Waals surface area contributed by atoms with E-state index in [0.717, 1.165) is 0 Å². The minimum Gasteiger partial charge on any atom is -0.506 e. The summed E-state index contributed by atoms with van der Waals surface area (Å²) in [6, 6.07) is 4.69. The first-order chi connectivity index (χ1) is 10.2. The Morgan fingerprint density at radius 1 is 1.36 bits per heavy atom. The summed E-state index contributed by atoms with van der Waals surface area (Å²) in [5.74, 6) is -0.0621. The predicted molar refractivity (Wildman–Crippen MR) is 89.8 cm³/mol. The van der Waals surface area contributed by atoms with Crippen molar-refractivity contribution in [3.63, 3.8) is 0 Å². The fourth-order valence-corrected chi connectivity index (χ4v) is 2.70. The maximum atomic E-state index is 12.0. The largest absolute Gasteiger partial charge is 0.506 e.